The molecule has 2 aliphatic rings. The summed E-state index contributed by atoms with van der Waals surface area (Å²) in [5, 5.41) is 6.18. The Balaban J connectivity index is 1.40. The number of thiophene rings is 1. The van der Waals surface area contributed by atoms with Crippen molar-refractivity contribution in [3.8, 4) is 0 Å². The summed E-state index contributed by atoms with van der Waals surface area (Å²) in [6.45, 7) is 0. The average molecular weight is 476 g/mol. The number of nitrogens with zero attached hydrogens (tertiary/aromatic N) is 1. The summed E-state index contributed by atoms with van der Waals surface area (Å²) in [6.07, 6.45) is 4.93. The van der Waals surface area contributed by atoms with Crippen molar-refractivity contribution in [3.05, 3.63) is 100 Å². The highest BCUT2D eigenvalue weighted by Crippen LogP contribution is 2.33. The highest BCUT2D eigenvalue weighted by atomic mass is 32.1. The number of carbonyl (C=O) groups is 3. The van der Waals surface area contributed by atoms with E-state index in [0.717, 1.165) is 10.4 Å². The maximum absolute atomic E-state index is 13.5. The number of halogens is 1. The first-order chi connectivity index (χ1) is 16.5. The van der Waals surface area contributed by atoms with E-state index in [1.165, 1.54) is 28.5 Å². The second kappa shape index (κ2) is 9.23. The van der Waals surface area contributed by atoms with Crippen LogP contribution in [-0.4, -0.2) is 17.7 Å². The van der Waals surface area contributed by atoms with Crippen molar-refractivity contribution in [2.45, 2.75) is 18.9 Å². The SMILES string of the molecule is O=C(N[C@H](c1ccc(F)cc1)c1cccs1)c1cccc(N2NC(=O)[C@H]3CC=CC[C@@H]3C2=O)c1. The molecule has 3 aromatic rings. The van der Waals surface area contributed by atoms with Crippen LogP contribution in [0.25, 0.3) is 0 Å². The van der Waals surface area contributed by atoms with E-state index in [4.69, 9.17) is 0 Å². The van der Waals surface area contributed by atoms with E-state index in [-0.39, 0.29) is 29.5 Å². The number of hydrazine groups is 1. The van der Waals surface area contributed by atoms with Gasteiger partial charge in [0.2, 0.25) is 11.8 Å². The second-order valence-corrected chi connectivity index (χ2v) is 9.31. The number of nitrogens with one attached hydrogen (secondary N) is 2. The van der Waals surface area contributed by atoms with Crippen molar-refractivity contribution in [1.82, 2.24) is 10.7 Å². The summed E-state index contributed by atoms with van der Waals surface area (Å²) in [5.74, 6) is -1.84. The average Bonchev–Trinajstić information content (AvgIpc) is 3.40. The Labute approximate surface area is 200 Å². The van der Waals surface area contributed by atoms with E-state index in [1.807, 2.05) is 29.7 Å². The van der Waals surface area contributed by atoms with Gasteiger partial charge in [-0.25, -0.2) is 9.40 Å². The highest BCUT2D eigenvalue weighted by Gasteiger charge is 2.42. The van der Waals surface area contributed by atoms with Crippen LogP contribution in [0.1, 0.15) is 39.7 Å². The van der Waals surface area contributed by atoms with Crippen LogP contribution in [0.5, 0.6) is 0 Å². The molecule has 5 rings (SSSR count). The van der Waals surface area contributed by atoms with Gasteiger partial charge in [0.25, 0.3) is 5.91 Å². The standard InChI is InChI=1S/C26H22FN3O3S/c27-18-12-10-16(11-13-18)23(22-9-4-14-34-22)28-24(31)17-5-3-6-19(15-17)30-26(33)21-8-2-1-7-20(21)25(32)29-30/h1-6,9-15,20-21,23H,7-8H2,(H,28,31)(H,29,32)/t20-,21-,23+/m0/s1. The largest absolute Gasteiger partial charge is 0.340 e. The number of benzene rings is 2. The predicted octanol–water partition coefficient (Wildman–Crippen LogP) is 4.37. The molecule has 2 aromatic carbocycles. The van der Waals surface area contributed by atoms with Gasteiger partial charge >= 0.3 is 0 Å². The molecular formula is C26H22FN3O3S. The molecular weight excluding hydrogens is 453 g/mol. The third kappa shape index (κ3) is 4.24. The Morgan fingerprint density at radius 3 is 2.53 bits per heavy atom. The number of hydrogen-bond acceptors (Lipinski definition) is 4. The molecule has 0 bridgehead atoms. The summed E-state index contributed by atoms with van der Waals surface area (Å²) >= 11 is 1.49. The van der Waals surface area contributed by atoms with Gasteiger partial charge in [0.15, 0.2) is 0 Å². The Kier molecular flexibility index (Phi) is 5.98. The molecule has 2 heterocycles. The van der Waals surface area contributed by atoms with Crippen molar-refractivity contribution in [2.75, 3.05) is 5.01 Å². The van der Waals surface area contributed by atoms with E-state index in [0.29, 0.717) is 24.1 Å². The molecule has 0 saturated carbocycles. The normalized spacial score (nSPS) is 20.4. The molecule has 34 heavy (non-hydrogen) atoms. The molecule has 1 saturated heterocycles. The van der Waals surface area contributed by atoms with Crippen molar-refractivity contribution in [1.29, 1.82) is 0 Å². The summed E-state index contributed by atoms with van der Waals surface area (Å²) in [4.78, 5) is 39.8. The molecule has 1 aliphatic heterocycles. The maximum Gasteiger partial charge on any atom is 0.252 e. The number of hydrogen-bond donors (Lipinski definition) is 2. The van der Waals surface area contributed by atoms with Gasteiger partial charge in [-0.3, -0.25) is 19.8 Å². The van der Waals surface area contributed by atoms with E-state index in [2.05, 4.69) is 10.7 Å². The molecule has 1 aromatic heterocycles. The van der Waals surface area contributed by atoms with E-state index in [1.54, 1.807) is 36.4 Å². The molecule has 3 atom stereocenters. The summed E-state index contributed by atoms with van der Waals surface area (Å²) in [6, 6.07) is 16.0. The predicted molar refractivity (Wildman–Crippen MR) is 127 cm³/mol. The van der Waals surface area contributed by atoms with Crippen molar-refractivity contribution < 1.29 is 18.8 Å². The first-order valence-corrected chi connectivity index (χ1v) is 11.9. The lowest BCUT2D eigenvalue weighted by atomic mass is 9.80. The van der Waals surface area contributed by atoms with Crippen LogP contribution in [-0.2, 0) is 9.59 Å². The first-order valence-electron chi connectivity index (χ1n) is 11.0. The van der Waals surface area contributed by atoms with Crippen LogP contribution in [0.15, 0.2) is 78.2 Å². The number of carbonyl (C=O) groups excluding carboxylic acids is 3. The molecule has 172 valence electrons. The number of anilines is 1. The van der Waals surface area contributed by atoms with Crippen molar-refractivity contribution in [2.24, 2.45) is 11.8 Å². The third-order valence-electron chi connectivity index (χ3n) is 6.20. The van der Waals surface area contributed by atoms with Crippen LogP contribution < -0.4 is 15.8 Å². The van der Waals surface area contributed by atoms with E-state index >= 15 is 0 Å². The lowest BCUT2D eigenvalue weighted by Crippen LogP contribution is -2.59. The van der Waals surface area contributed by atoms with Gasteiger partial charge in [0.05, 0.1) is 23.6 Å². The molecule has 8 heteroatoms. The number of amides is 3. The zero-order valence-electron chi connectivity index (χ0n) is 18.1. The van der Waals surface area contributed by atoms with Gasteiger partial charge < -0.3 is 5.32 Å². The molecule has 3 amide bonds. The fourth-order valence-corrected chi connectivity index (χ4v) is 5.22. The summed E-state index contributed by atoms with van der Waals surface area (Å²) in [7, 11) is 0. The Morgan fingerprint density at radius 1 is 1.03 bits per heavy atom. The van der Waals surface area contributed by atoms with Gasteiger partial charge in [0.1, 0.15) is 5.82 Å². The van der Waals surface area contributed by atoms with Crippen LogP contribution in [0.3, 0.4) is 0 Å². The molecule has 1 fully saturated rings. The van der Waals surface area contributed by atoms with Crippen molar-refractivity contribution in [3.63, 3.8) is 0 Å². The van der Waals surface area contributed by atoms with Gasteiger partial charge in [0, 0.05) is 10.4 Å². The first kappa shape index (κ1) is 22.0. The van der Waals surface area contributed by atoms with Crippen molar-refractivity contribution >= 4 is 34.7 Å². The smallest absolute Gasteiger partial charge is 0.252 e. The highest BCUT2D eigenvalue weighted by molar-refractivity contribution is 7.10. The van der Waals surface area contributed by atoms with Crippen LogP contribution in [0, 0.1) is 17.7 Å². The molecule has 0 radical (unpaired) electrons. The Morgan fingerprint density at radius 2 is 1.79 bits per heavy atom. The van der Waals surface area contributed by atoms with Gasteiger partial charge in [-0.1, -0.05) is 36.4 Å². The minimum absolute atomic E-state index is 0.186. The molecule has 0 spiro atoms. The zero-order chi connectivity index (χ0) is 23.7. The Bertz CT molecular complexity index is 1260. The van der Waals surface area contributed by atoms with Gasteiger partial charge in [-0.05, 0) is 60.2 Å². The Hall–Kier alpha value is -3.78. The fraction of sp³-hybridized carbons (Fsp3) is 0.192. The minimum Gasteiger partial charge on any atom is -0.340 e. The second-order valence-electron chi connectivity index (χ2n) is 8.33. The number of fused-ring (bicyclic) bond motifs is 1. The van der Waals surface area contributed by atoms with E-state index in [9.17, 15) is 18.8 Å². The number of rotatable bonds is 5. The topological polar surface area (TPSA) is 78.5 Å². The lowest BCUT2D eigenvalue weighted by Gasteiger charge is -2.38. The lowest BCUT2D eigenvalue weighted by molar-refractivity contribution is -0.139. The molecule has 1 aliphatic carbocycles. The monoisotopic (exact) mass is 475 g/mol. The van der Waals surface area contributed by atoms with E-state index < -0.39 is 12.0 Å². The third-order valence-corrected chi connectivity index (χ3v) is 7.14. The summed E-state index contributed by atoms with van der Waals surface area (Å²) < 4.78 is 13.5. The zero-order valence-corrected chi connectivity index (χ0v) is 18.9. The molecule has 6 nitrogen and oxygen atoms in total. The molecule has 0 unspecified atom stereocenters. The van der Waals surface area contributed by atoms with Crippen LogP contribution in [0.4, 0.5) is 10.1 Å². The van der Waals surface area contributed by atoms with Gasteiger partial charge in [-0.2, -0.15) is 0 Å². The quantitative estimate of drug-likeness (QED) is 0.538. The molecule has 2 N–H and O–H groups in total. The minimum atomic E-state index is -0.456. The summed E-state index contributed by atoms with van der Waals surface area (Å²) in [5.41, 5.74) is 4.21. The maximum atomic E-state index is 13.5. The number of allylic oxidation sites excluding steroid dienone is 2. The fourth-order valence-electron chi connectivity index (χ4n) is 4.41. The van der Waals surface area contributed by atoms with Gasteiger partial charge in [-0.15, -0.1) is 11.3 Å². The van der Waals surface area contributed by atoms with Crippen LogP contribution in [0.2, 0.25) is 0 Å². The van der Waals surface area contributed by atoms with Crippen LogP contribution >= 0.6 is 11.3 Å².